The van der Waals surface area contributed by atoms with E-state index < -0.39 is 0 Å². The van der Waals surface area contributed by atoms with Gasteiger partial charge in [0.25, 0.3) is 0 Å². The van der Waals surface area contributed by atoms with Crippen LogP contribution in [-0.2, 0) is 0 Å². The van der Waals surface area contributed by atoms with E-state index in [1.54, 1.807) is 0 Å². The highest BCUT2D eigenvalue weighted by molar-refractivity contribution is 7.98. The number of unbranched alkanes of at least 4 members (excludes halogenated alkanes) is 2. The summed E-state index contributed by atoms with van der Waals surface area (Å²) in [6, 6.07) is 0. The molecule has 0 aliphatic carbocycles. The molecule has 1 heteroatoms. The molecule has 0 bridgehead atoms. The summed E-state index contributed by atoms with van der Waals surface area (Å²) in [5.41, 5.74) is 0. The van der Waals surface area contributed by atoms with Gasteiger partial charge in [-0.25, -0.2) is 0 Å². The average molecular weight is 158 g/mol. The number of rotatable bonds is 6. The monoisotopic (exact) mass is 158 g/mol. The van der Waals surface area contributed by atoms with Crippen LogP contribution in [0.25, 0.3) is 0 Å². The standard InChI is InChI=1S/C9H18S/c1-3-4-5-6-7-8-9-10-2/h6-7H,3-5,8-9H2,1-2H3. The zero-order chi connectivity index (χ0) is 7.66. The fraction of sp³-hybridized carbons (Fsp3) is 0.778. The fourth-order valence-electron chi connectivity index (χ4n) is 0.744. The van der Waals surface area contributed by atoms with Gasteiger partial charge in [0.2, 0.25) is 0 Å². The van der Waals surface area contributed by atoms with Gasteiger partial charge in [0.15, 0.2) is 0 Å². The molecule has 0 saturated heterocycles. The second kappa shape index (κ2) is 9.09. The Bertz CT molecular complexity index is 66.8. The summed E-state index contributed by atoms with van der Waals surface area (Å²) >= 11 is 1.91. The zero-order valence-corrected chi connectivity index (χ0v) is 7.91. The zero-order valence-electron chi connectivity index (χ0n) is 7.10. The van der Waals surface area contributed by atoms with E-state index in [9.17, 15) is 0 Å². The van der Waals surface area contributed by atoms with Crippen LogP contribution in [0, 0.1) is 0 Å². The molecule has 0 aromatic heterocycles. The molecule has 0 N–H and O–H groups in total. The number of hydrogen-bond acceptors (Lipinski definition) is 1. The Morgan fingerprint density at radius 2 is 1.90 bits per heavy atom. The molecule has 0 spiro atoms. The maximum atomic E-state index is 2.31. The highest BCUT2D eigenvalue weighted by Gasteiger charge is 1.78. The minimum absolute atomic E-state index is 1.24. The minimum atomic E-state index is 1.24. The van der Waals surface area contributed by atoms with Crippen LogP contribution in [0.2, 0.25) is 0 Å². The van der Waals surface area contributed by atoms with Crippen LogP contribution in [0.3, 0.4) is 0 Å². The van der Waals surface area contributed by atoms with Gasteiger partial charge in [-0.3, -0.25) is 0 Å². The molecule has 0 amide bonds. The highest BCUT2D eigenvalue weighted by atomic mass is 32.2. The van der Waals surface area contributed by atoms with Crippen molar-refractivity contribution in [2.45, 2.75) is 32.6 Å². The van der Waals surface area contributed by atoms with Crippen LogP contribution in [0.1, 0.15) is 32.6 Å². The molecule has 0 rings (SSSR count). The molecule has 0 fully saturated rings. The Morgan fingerprint density at radius 3 is 2.50 bits per heavy atom. The molecular formula is C9H18S. The fourth-order valence-corrected chi connectivity index (χ4v) is 1.12. The van der Waals surface area contributed by atoms with Crippen LogP contribution < -0.4 is 0 Å². The summed E-state index contributed by atoms with van der Waals surface area (Å²) < 4.78 is 0. The largest absolute Gasteiger partial charge is 0.165 e. The summed E-state index contributed by atoms with van der Waals surface area (Å²) in [4.78, 5) is 0. The third kappa shape index (κ3) is 8.09. The molecule has 0 aromatic carbocycles. The molecule has 0 unspecified atom stereocenters. The van der Waals surface area contributed by atoms with Crippen LogP contribution in [-0.4, -0.2) is 12.0 Å². The molecule has 0 atom stereocenters. The Labute approximate surface area is 69.1 Å². The molecule has 0 aliphatic rings. The van der Waals surface area contributed by atoms with E-state index in [4.69, 9.17) is 0 Å². The van der Waals surface area contributed by atoms with Crippen LogP contribution >= 0.6 is 11.8 Å². The lowest BCUT2D eigenvalue weighted by molar-refractivity contribution is 0.813. The lowest BCUT2D eigenvalue weighted by Crippen LogP contribution is -1.72. The topological polar surface area (TPSA) is 0 Å². The Morgan fingerprint density at radius 1 is 1.20 bits per heavy atom. The quantitative estimate of drug-likeness (QED) is 0.421. The Hall–Kier alpha value is 0.0900. The summed E-state index contributed by atoms with van der Waals surface area (Å²) in [6.45, 7) is 2.23. The van der Waals surface area contributed by atoms with Crippen molar-refractivity contribution >= 4 is 11.8 Å². The third-order valence-corrected chi connectivity index (χ3v) is 2.02. The van der Waals surface area contributed by atoms with E-state index >= 15 is 0 Å². The first-order chi connectivity index (χ1) is 4.91. The van der Waals surface area contributed by atoms with E-state index in [1.165, 1.54) is 31.4 Å². The normalized spacial score (nSPS) is 11.0. The molecule has 10 heavy (non-hydrogen) atoms. The molecule has 0 radical (unpaired) electrons. The maximum Gasteiger partial charge on any atom is -0.00357 e. The Balaban J connectivity index is 2.89. The maximum absolute atomic E-state index is 2.31. The van der Waals surface area contributed by atoms with Crippen molar-refractivity contribution in [3.05, 3.63) is 12.2 Å². The molecular weight excluding hydrogens is 140 g/mol. The highest BCUT2D eigenvalue weighted by Crippen LogP contribution is 1.99. The van der Waals surface area contributed by atoms with Crippen molar-refractivity contribution in [2.24, 2.45) is 0 Å². The lowest BCUT2D eigenvalue weighted by atomic mass is 10.2. The van der Waals surface area contributed by atoms with Gasteiger partial charge in [0.1, 0.15) is 0 Å². The summed E-state index contributed by atoms with van der Waals surface area (Å²) in [7, 11) is 0. The van der Waals surface area contributed by atoms with Crippen LogP contribution in [0.4, 0.5) is 0 Å². The second-order valence-corrected chi connectivity index (χ2v) is 3.38. The molecule has 0 saturated carbocycles. The third-order valence-electron chi connectivity index (χ3n) is 1.38. The van der Waals surface area contributed by atoms with Gasteiger partial charge >= 0.3 is 0 Å². The van der Waals surface area contributed by atoms with Crippen molar-refractivity contribution in [1.82, 2.24) is 0 Å². The van der Waals surface area contributed by atoms with Gasteiger partial charge in [-0.05, 0) is 24.9 Å². The van der Waals surface area contributed by atoms with Gasteiger partial charge < -0.3 is 0 Å². The van der Waals surface area contributed by atoms with Gasteiger partial charge in [-0.15, -0.1) is 0 Å². The van der Waals surface area contributed by atoms with E-state index in [1.807, 2.05) is 11.8 Å². The first-order valence-corrected chi connectivity index (χ1v) is 5.45. The number of hydrogen-bond donors (Lipinski definition) is 0. The van der Waals surface area contributed by atoms with Gasteiger partial charge in [0.05, 0.1) is 0 Å². The lowest BCUT2D eigenvalue weighted by Gasteiger charge is -1.89. The van der Waals surface area contributed by atoms with Gasteiger partial charge in [-0.2, -0.15) is 11.8 Å². The van der Waals surface area contributed by atoms with Gasteiger partial charge in [-0.1, -0.05) is 31.9 Å². The summed E-state index contributed by atoms with van der Waals surface area (Å²) in [6.07, 6.45) is 11.9. The second-order valence-electron chi connectivity index (χ2n) is 2.40. The van der Waals surface area contributed by atoms with E-state index in [2.05, 4.69) is 25.3 Å². The smallest absolute Gasteiger partial charge is 0.00357 e. The number of thioether (sulfide) groups is 1. The van der Waals surface area contributed by atoms with Crippen molar-refractivity contribution in [3.8, 4) is 0 Å². The first-order valence-electron chi connectivity index (χ1n) is 4.05. The molecule has 0 aromatic rings. The predicted octanol–water partition coefficient (Wildman–Crippen LogP) is 3.49. The summed E-state index contributed by atoms with van der Waals surface area (Å²) in [5.74, 6) is 1.27. The van der Waals surface area contributed by atoms with Crippen LogP contribution in [0.15, 0.2) is 12.2 Å². The van der Waals surface area contributed by atoms with E-state index in [0.29, 0.717) is 0 Å². The SMILES string of the molecule is CCCCC=CCCSC. The average Bonchev–Trinajstić information content (AvgIpc) is 1.97. The van der Waals surface area contributed by atoms with Gasteiger partial charge in [0, 0.05) is 0 Å². The van der Waals surface area contributed by atoms with Crippen LogP contribution in [0.5, 0.6) is 0 Å². The molecule has 0 aliphatic heterocycles. The molecule has 0 heterocycles. The van der Waals surface area contributed by atoms with E-state index in [0.717, 1.165) is 0 Å². The summed E-state index contributed by atoms with van der Waals surface area (Å²) in [5, 5.41) is 0. The van der Waals surface area contributed by atoms with Crippen molar-refractivity contribution in [3.63, 3.8) is 0 Å². The van der Waals surface area contributed by atoms with Crippen molar-refractivity contribution in [2.75, 3.05) is 12.0 Å². The van der Waals surface area contributed by atoms with E-state index in [-0.39, 0.29) is 0 Å². The Kier molecular flexibility index (Phi) is 9.17. The molecule has 0 nitrogen and oxygen atoms in total. The number of allylic oxidation sites excluding steroid dienone is 2. The van der Waals surface area contributed by atoms with Crippen molar-refractivity contribution in [1.29, 1.82) is 0 Å². The van der Waals surface area contributed by atoms with Crippen molar-refractivity contribution < 1.29 is 0 Å². The minimum Gasteiger partial charge on any atom is -0.165 e. The predicted molar refractivity (Wildman–Crippen MR) is 51.7 cm³/mol. The molecule has 60 valence electrons. The first kappa shape index (κ1) is 10.1.